The molecule has 1 aromatic rings. The van der Waals surface area contributed by atoms with Crippen molar-refractivity contribution in [2.24, 2.45) is 11.8 Å². The molecule has 4 nitrogen and oxygen atoms in total. The van der Waals surface area contributed by atoms with Crippen molar-refractivity contribution < 1.29 is 4.79 Å². The summed E-state index contributed by atoms with van der Waals surface area (Å²) >= 11 is 0. The Kier molecular flexibility index (Phi) is 5.39. The summed E-state index contributed by atoms with van der Waals surface area (Å²) in [4.78, 5) is 16.3. The standard InChI is InChI=1S/C16H25N3O/c1-12(2)9-10-17-15-8-7-14(11-18-15)19-16(20)13-5-3-4-6-13/h7-8,11-13H,3-6,9-10H2,1-2H3,(H,17,18)(H,19,20). The molecule has 0 bridgehead atoms. The molecular weight excluding hydrogens is 250 g/mol. The average Bonchev–Trinajstić information content (AvgIpc) is 2.94. The first kappa shape index (κ1) is 14.8. The fraction of sp³-hybridized carbons (Fsp3) is 0.625. The molecule has 110 valence electrons. The Bertz CT molecular complexity index is 422. The number of nitrogens with zero attached hydrogens (tertiary/aromatic N) is 1. The third kappa shape index (κ3) is 4.51. The van der Waals surface area contributed by atoms with E-state index in [2.05, 4.69) is 29.5 Å². The number of amides is 1. The van der Waals surface area contributed by atoms with E-state index in [9.17, 15) is 4.79 Å². The summed E-state index contributed by atoms with van der Waals surface area (Å²) < 4.78 is 0. The van der Waals surface area contributed by atoms with Crippen molar-refractivity contribution in [1.29, 1.82) is 0 Å². The van der Waals surface area contributed by atoms with Crippen LogP contribution in [0.3, 0.4) is 0 Å². The smallest absolute Gasteiger partial charge is 0.227 e. The van der Waals surface area contributed by atoms with Crippen molar-refractivity contribution in [2.75, 3.05) is 17.2 Å². The number of carbonyl (C=O) groups excluding carboxylic acids is 1. The van der Waals surface area contributed by atoms with E-state index in [1.165, 1.54) is 12.8 Å². The second-order valence-corrected chi connectivity index (χ2v) is 6.01. The molecule has 0 radical (unpaired) electrons. The number of hydrogen-bond donors (Lipinski definition) is 2. The van der Waals surface area contributed by atoms with Crippen molar-refractivity contribution in [3.05, 3.63) is 18.3 Å². The number of rotatable bonds is 6. The Hall–Kier alpha value is -1.58. The van der Waals surface area contributed by atoms with E-state index in [0.717, 1.165) is 37.3 Å². The van der Waals surface area contributed by atoms with Gasteiger partial charge in [0.15, 0.2) is 0 Å². The van der Waals surface area contributed by atoms with E-state index >= 15 is 0 Å². The van der Waals surface area contributed by atoms with Gasteiger partial charge < -0.3 is 10.6 Å². The van der Waals surface area contributed by atoms with Gasteiger partial charge in [0.1, 0.15) is 5.82 Å². The molecule has 0 aliphatic heterocycles. The Labute approximate surface area is 121 Å². The number of aromatic nitrogens is 1. The summed E-state index contributed by atoms with van der Waals surface area (Å²) in [5.74, 6) is 1.89. The normalized spacial score (nSPS) is 15.6. The average molecular weight is 275 g/mol. The van der Waals surface area contributed by atoms with E-state index < -0.39 is 0 Å². The highest BCUT2D eigenvalue weighted by molar-refractivity contribution is 5.92. The molecule has 1 aliphatic rings. The van der Waals surface area contributed by atoms with Gasteiger partial charge in [-0.2, -0.15) is 0 Å². The predicted molar refractivity (Wildman–Crippen MR) is 82.8 cm³/mol. The Balaban J connectivity index is 1.80. The Morgan fingerprint density at radius 3 is 2.70 bits per heavy atom. The van der Waals surface area contributed by atoms with Crippen LogP contribution in [0.1, 0.15) is 46.0 Å². The van der Waals surface area contributed by atoms with Crippen LogP contribution in [0.25, 0.3) is 0 Å². The third-order valence-electron chi connectivity index (χ3n) is 3.78. The van der Waals surface area contributed by atoms with Gasteiger partial charge in [-0.1, -0.05) is 26.7 Å². The van der Waals surface area contributed by atoms with Gasteiger partial charge in [-0.15, -0.1) is 0 Å². The topological polar surface area (TPSA) is 54.0 Å². The molecule has 1 amide bonds. The lowest BCUT2D eigenvalue weighted by Crippen LogP contribution is -2.20. The van der Waals surface area contributed by atoms with E-state index in [1.54, 1.807) is 6.20 Å². The van der Waals surface area contributed by atoms with Crippen LogP contribution >= 0.6 is 0 Å². The first-order valence-corrected chi connectivity index (χ1v) is 7.66. The van der Waals surface area contributed by atoms with Gasteiger partial charge in [0.2, 0.25) is 5.91 Å². The molecule has 0 aromatic carbocycles. The maximum Gasteiger partial charge on any atom is 0.227 e. The third-order valence-corrected chi connectivity index (χ3v) is 3.78. The Morgan fingerprint density at radius 2 is 2.10 bits per heavy atom. The van der Waals surface area contributed by atoms with Crippen molar-refractivity contribution in [3.8, 4) is 0 Å². The molecule has 1 saturated carbocycles. The number of nitrogens with one attached hydrogen (secondary N) is 2. The molecule has 0 spiro atoms. The zero-order valence-corrected chi connectivity index (χ0v) is 12.5. The zero-order chi connectivity index (χ0) is 14.4. The van der Waals surface area contributed by atoms with Crippen molar-refractivity contribution in [2.45, 2.75) is 46.0 Å². The van der Waals surface area contributed by atoms with Gasteiger partial charge in [-0.25, -0.2) is 4.98 Å². The van der Waals surface area contributed by atoms with Crippen molar-refractivity contribution in [1.82, 2.24) is 4.98 Å². The number of anilines is 2. The van der Waals surface area contributed by atoms with Gasteiger partial charge in [-0.3, -0.25) is 4.79 Å². The van der Waals surface area contributed by atoms with Gasteiger partial charge in [0.05, 0.1) is 11.9 Å². The maximum atomic E-state index is 12.0. The van der Waals surface area contributed by atoms with Crippen molar-refractivity contribution >= 4 is 17.4 Å². The second-order valence-electron chi connectivity index (χ2n) is 6.01. The number of hydrogen-bond acceptors (Lipinski definition) is 3. The summed E-state index contributed by atoms with van der Waals surface area (Å²) in [5.41, 5.74) is 0.788. The lowest BCUT2D eigenvalue weighted by Gasteiger charge is -2.11. The van der Waals surface area contributed by atoms with Crippen LogP contribution in [0, 0.1) is 11.8 Å². The minimum atomic E-state index is 0.143. The molecule has 2 rings (SSSR count). The lowest BCUT2D eigenvalue weighted by molar-refractivity contribution is -0.119. The van der Waals surface area contributed by atoms with Crippen LogP contribution in [0.5, 0.6) is 0 Å². The molecule has 1 fully saturated rings. The molecular formula is C16H25N3O. The Morgan fingerprint density at radius 1 is 1.35 bits per heavy atom. The summed E-state index contributed by atoms with van der Waals surface area (Å²) in [7, 11) is 0. The van der Waals surface area contributed by atoms with Crippen LogP contribution in [0.15, 0.2) is 18.3 Å². The highest BCUT2D eigenvalue weighted by Gasteiger charge is 2.22. The number of carbonyl (C=O) groups is 1. The molecule has 20 heavy (non-hydrogen) atoms. The summed E-state index contributed by atoms with van der Waals surface area (Å²) in [6.45, 7) is 5.34. The highest BCUT2D eigenvalue weighted by Crippen LogP contribution is 2.26. The SMILES string of the molecule is CC(C)CCNc1ccc(NC(=O)C2CCCC2)cn1. The predicted octanol–water partition coefficient (Wildman–Crippen LogP) is 3.67. The first-order valence-electron chi connectivity index (χ1n) is 7.66. The molecule has 2 N–H and O–H groups in total. The lowest BCUT2D eigenvalue weighted by atomic mass is 10.1. The summed E-state index contributed by atoms with van der Waals surface area (Å²) in [6, 6.07) is 3.84. The van der Waals surface area contributed by atoms with E-state index in [4.69, 9.17) is 0 Å². The fourth-order valence-corrected chi connectivity index (χ4v) is 2.49. The van der Waals surface area contributed by atoms with Crippen LogP contribution < -0.4 is 10.6 Å². The maximum absolute atomic E-state index is 12.0. The van der Waals surface area contributed by atoms with Crippen LogP contribution in [0.4, 0.5) is 11.5 Å². The molecule has 0 unspecified atom stereocenters. The molecule has 0 saturated heterocycles. The van der Waals surface area contributed by atoms with E-state index in [-0.39, 0.29) is 11.8 Å². The molecule has 1 heterocycles. The fourth-order valence-electron chi connectivity index (χ4n) is 2.49. The molecule has 1 aromatic heterocycles. The summed E-state index contributed by atoms with van der Waals surface area (Å²) in [6.07, 6.45) is 7.25. The van der Waals surface area contributed by atoms with Gasteiger partial charge >= 0.3 is 0 Å². The molecule has 1 aliphatic carbocycles. The van der Waals surface area contributed by atoms with Crippen LogP contribution in [0.2, 0.25) is 0 Å². The monoisotopic (exact) mass is 275 g/mol. The highest BCUT2D eigenvalue weighted by atomic mass is 16.1. The molecule has 4 heteroatoms. The second kappa shape index (κ2) is 7.27. The zero-order valence-electron chi connectivity index (χ0n) is 12.5. The summed E-state index contributed by atoms with van der Waals surface area (Å²) in [5, 5.41) is 6.24. The first-order chi connectivity index (χ1) is 9.65. The minimum Gasteiger partial charge on any atom is -0.370 e. The van der Waals surface area contributed by atoms with Crippen LogP contribution in [-0.4, -0.2) is 17.4 Å². The van der Waals surface area contributed by atoms with Gasteiger partial charge in [0, 0.05) is 12.5 Å². The van der Waals surface area contributed by atoms with E-state index in [0.29, 0.717) is 5.92 Å². The van der Waals surface area contributed by atoms with Crippen LogP contribution in [-0.2, 0) is 4.79 Å². The van der Waals surface area contributed by atoms with Gasteiger partial charge in [-0.05, 0) is 37.3 Å². The molecule has 0 atom stereocenters. The van der Waals surface area contributed by atoms with E-state index in [1.807, 2.05) is 12.1 Å². The number of pyridine rings is 1. The van der Waals surface area contributed by atoms with Crippen molar-refractivity contribution in [3.63, 3.8) is 0 Å². The van der Waals surface area contributed by atoms with Gasteiger partial charge in [0.25, 0.3) is 0 Å². The minimum absolute atomic E-state index is 0.143. The largest absolute Gasteiger partial charge is 0.370 e. The quantitative estimate of drug-likeness (QED) is 0.833.